The second-order valence-corrected chi connectivity index (χ2v) is 7.51. The van der Waals surface area contributed by atoms with E-state index >= 15 is 0 Å². The number of carbonyl (C=O) groups excluding carboxylic acids is 2. The van der Waals surface area contributed by atoms with Crippen molar-refractivity contribution < 1.29 is 14.3 Å². The van der Waals surface area contributed by atoms with Crippen molar-refractivity contribution in [2.45, 2.75) is 25.4 Å². The summed E-state index contributed by atoms with van der Waals surface area (Å²) < 4.78 is 6.27. The van der Waals surface area contributed by atoms with Crippen LogP contribution >= 0.6 is 15.9 Å². The van der Waals surface area contributed by atoms with Gasteiger partial charge in [-0.15, -0.1) is 0 Å². The number of aromatic amines is 1. The molecule has 4 heterocycles. The molecule has 1 atom stereocenters. The molecule has 4 rings (SSSR count). The van der Waals surface area contributed by atoms with Crippen LogP contribution in [0.15, 0.2) is 16.7 Å². The van der Waals surface area contributed by atoms with E-state index in [-0.39, 0.29) is 23.4 Å². The maximum absolute atomic E-state index is 12.5. The summed E-state index contributed by atoms with van der Waals surface area (Å²) in [7, 11) is 0. The molecule has 2 aromatic heterocycles. The van der Waals surface area contributed by atoms with E-state index in [0.717, 1.165) is 30.4 Å². The van der Waals surface area contributed by atoms with E-state index in [2.05, 4.69) is 41.7 Å². The first-order valence-electron chi connectivity index (χ1n) is 8.27. The van der Waals surface area contributed by atoms with Crippen molar-refractivity contribution in [1.82, 2.24) is 25.8 Å². The molecule has 2 aromatic rings. The molecule has 1 unspecified atom stereocenters. The third-order valence-electron chi connectivity index (χ3n) is 4.98. The van der Waals surface area contributed by atoms with Crippen LogP contribution in [0.25, 0.3) is 11.0 Å². The average molecular weight is 408 g/mol. The number of fused-ring (bicyclic) bond motifs is 1. The SMILES string of the molecule is O=C(NCC1CC2(CCNCC2)C(=O)O1)c1[nH]nc2ncc(Br)cc12. The number of H-pyrrole nitrogens is 1. The molecule has 2 saturated heterocycles. The van der Waals surface area contributed by atoms with E-state index in [0.29, 0.717) is 29.7 Å². The van der Waals surface area contributed by atoms with Crippen LogP contribution in [0.1, 0.15) is 29.8 Å². The fraction of sp³-hybridized carbons (Fsp3) is 0.500. The Morgan fingerprint density at radius 3 is 3.04 bits per heavy atom. The van der Waals surface area contributed by atoms with Gasteiger partial charge in [-0.3, -0.25) is 14.7 Å². The standard InChI is InChI=1S/C16H18BrN5O3/c17-9-5-11-12(21-22-13(11)19-7-9)14(23)20-8-10-6-16(15(24)25-10)1-3-18-4-2-16/h5,7,10,18H,1-4,6,8H2,(H,20,23)(H,19,21,22). The molecule has 25 heavy (non-hydrogen) atoms. The Morgan fingerprint density at radius 2 is 2.24 bits per heavy atom. The lowest BCUT2D eigenvalue weighted by molar-refractivity contribution is -0.149. The van der Waals surface area contributed by atoms with Crippen LogP contribution in [0.4, 0.5) is 0 Å². The fourth-order valence-corrected chi connectivity index (χ4v) is 3.94. The van der Waals surface area contributed by atoms with Gasteiger partial charge in [0.25, 0.3) is 5.91 Å². The van der Waals surface area contributed by atoms with Crippen molar-refractivity contribution in [2.24, 2.45) is 5.41 Å². The Labute approximate surface area is 152 Å². The summed E-state index contributed by atoms with van der Waals surface area (Å²) in [5.41, 5.74) is 0.454. The molecule has 1 amide bonds. The molecule has 0 aliphatic carbocycles. The number of pyridine rings is 1. The number of rotatable bonds is 3. The molecule has 9 heteroatoms. The fourth-order valence-electron chi connectivity index (χ4n) is 3.61. The molecular weight excluding hydrogens is 390 g/mol. The van der Waals surface area contributed by atoms with Crippen molar-refractivity contribution in [1.29, 1.82) is 0 Å². The largest absolute Gasteiger partial charge is 0.460 e. The van der Waals surface area contributed by atoms with E-state index in [1.165, 1.54) is 0 Å². The minimum atomic E-state index is -0.379. The lowest BCUT2D eigenvalue weighted by atomic mass is 9.76. The van der Waals surface area contributed by atoms with Crippen molar-refractivity contribution >= 4 is 38.8 Å². The second kappa shape index (κ2) is 6.38. The molecule has 132 valence electrons. The normalized spacial score (nSPS) is 22.3. The maximum Gasteiger partial charge on any atom is 0.312 e. The quantitative estimate of drug-likeness (QED) is 0.658. The summed E-state index contributed by atoms with van der Waals surface area (Å²) >= 11 is 3.34. The Hall–Kier alpha value is -2.00. The van der Waals surface area contributed by atoms with Crippen LogP contribution in [0.2, 0.25) is 0 Å². The van der Waals surface area contributed by atoms with Crippen LogP contribution in [0.5, 0.6) is 0 Å². The average Bonchev–Trinajstić information content (AvgIpc) is 3.15. The van der Waals surface area contributed by atoms with Gasteiger partial charge in [0.2, 0.25) is 0 Å². The number of nitrogens with zero attached hydrogens (tertiary/aromatic N) is 2. The molecule has 0 radical (unpaired) electrons. The second-order valence-electron chi connectivity index (χ2n) is 6.60. The number of nitrogens with one attached hydrogen (secondary N) is 3. The number of esters is 1. The number of amides is 1. The maximum atomic E-state index is 12.5. The van der Waals surface area contributed by atoms with Gasteiger partial charge in [-0.25, -0.2) is 4.98 Å². The number of hydrogen-bond donors (Lipinski definition) is 3. The molecule has 2 aliphatic rings. The minimum Gasteiger partial charge on any atom is -0.460 e. The zero-order valence-corrected chi connectivity index (χ0v) is 15.1. The topological polar surface area (TPSA) is 109 Å². The highest BCUT2D eigenvalue weighted by molar-refractivity contribution is 9.10. The number of piperidine rings is 1. The van der Waals surface area contributed by atoms with Gasteiger partial charge in [0, 0.05) is 17.1 Å². The number of ether oxygens (including phenoxy) is 1. The lowest BCUT2D eigenvalue weighted by Gasteiger charge is -2.29. The summed E-state index contributed by atoms with van der Waals surface area (Å²) in [4.78, 5) is 28.9. The highest BCUT2D eigenvalue weighted by Crippen LogP contribution is 2.41. The molecule has 0 saturated carbocycles. The Bertz CT molecular complexity index is 830. The zero-order valence-electron chi connectivity index (χ0n) is 13.5. The smallest absolute Gasteiger partial charge is 0.312 e. The number of cyclic esters (lactones) is 1. The third-order valence-corrected chi connectivity index (χ3v) is 5.41. The summed E-state index contributed by atoms with van der Waals surface area (Å²) in [6.45, 7) is 1.95. The molecule has 0 bridgehead atoms. The van der Waals surface area contributed by atoms with Crippen LogP contribution in [0.3, 0.4) is 0 Å². The summed E-state index contributed by atoms with van der Waals surface area (Å²) in [6.07, 6.45) is 3.59. The van der Waals surface area contributed by atoms with Crippen molar-refractivity contribution in [2.75, 3.05) is 19.6 Å². The predicted octanol–water partition coefficient (Wildman–Crippen LogP) is 1.14. The van der Waals surface area contributed by atoms with Crippen LogP contribution in [-0.4, -0.2) is 52.8 Å². The molecule has 8 nitrogen and oxygen atoms in total. The first-order chi connectivity index (χ1) is 12.1. The first kappa shape index (κ1) is 16.5. The predicted molar refractivity (Wildman–Crippen MR) is 93.0 cm³/mol. The Morgan fingerprint density at radius 1 is 1.44 bits per heavy atom. The third kappa shape index (κ3) is 3.02. The monoisotopic (exact) mass is 407 g/mol. The van der Waals surface area contributed by atoms with Gasteiger partial charge in [0.05, 0.1) is 17.3 Å². The minimum absolute atomic E-state index is 0.131. The van der Waals surface area contributed by atoms with Gasteiger partial charge >= 0.3 is 5.97 Å². The Balaban J connectivity index is 1.42. The molecule has 2 aliphatic heterocycles. The number of halogens is 1. The number of carbonyl (C=O) groups is 2. The highest BCUT2D eigenvalue weighted by Gasteiger charge is 2.49. The molecule has 3 N–H and O–H groups in total. The van der Waals surface area contributed by atoms with Gasteiger partial charge in [0.15, 0.2) is 5.65 Å². The van der Waals surface area contributed by atoms with Gasteiger partial charge in [-0.2, -0.15) is 5.10 Å². The van der Waals surface area contributed by atoms with E-state index in [4.69, 9.17) is 4.74 Å². The van der Waals surface area contributed by atoms with E-state index < -0.39 is 0 Å². The summed E-state index contributed by atoms with van der Waals surface area (Å²) in [5, 5.41) is 13.5. The van der Waals surface area contributed by atoms with E-state index in [1.807, 2.05) is 0 Å². The van der Waals surface area contributed by atoms with Crippen molar-refractivity contribution in [3.63, 3.8) is 0 Å². The number of aromatic nitrogens is 3. The van der Waals surface area contributed by atoms with Crippen LogP contribution in [0, 0.1) is 5.41 Å². The summed E-state index contributed by atoms with van der Waals surface area (Å²) in [6, 6.07) is 1.79. The molecule has 0 aromatic carbocycles. The Kier molecular flexibility index (Phi) is 4.20. The van der Waals surface area contributed by atoms with Crippen LogP contribution in [-0.2, 0) is 9.53 Å². The van der Waals surface area contributed by atoms with Crippen LogP contribution < -0.4 is 10.6 Å². The van der Waals surface area contributed by atoms with Gasteiger partial charge in [-0.1, -0.05) is 0 Å². The van der Waals surface area contributed by atoms with E-state index in [1.54, 1.807) is 12.3 Å². The van der Waals surface area contributed by atoms with Crippen molar-refractivity contribution in [3.05, 3.63) is 22.4 Å². The highest BCUT2D eigenvalue weighted by atomic mass is 79.9. The van der Waals surface area contributed by atoms with Gasteiger partial charge in [-0.05, 0) is 47.9 Å². The first-order valence-corrected chi connectivity index (χ1v) is 9.06. The molecular formula is C16H18BrN5O3. The van der Waals surface area contributed by atoms with Gasteiger partial charge in [0.1, 0.15) is 11.8 Å². The van der Waals surface area contributed by atoms with E-state index in [9.17, 15) is 9.59 Å². The zero-order chi connectivity index (χ0) is 17.4. The lowest BCUT2D eigenvalue weighted by Crippen LogP contribution is -2.39. The number of hydrogen-bond acceptors (Lipinski definition) is 6. The summed E-state index contributed by atoms with van der Waals surface area (Å²) in [5.74, 6) is -0.418. The van der Waals surface area contributed by atoms with Gasteiger partial charge < -0.3 is 15.4 Å². The van der Waals surface area contributed by atoms with Crippen molar-refractivity contribution in [3.8, 4) is 0 Å². The molecule has 1 spiro atoms. The molecule has 2 fully saturated rings.